The number of Topliss-reactive ketones (excluding diaryl/α,β-unsaturated/α-hetero) is 1. The summed E-state index contributed by atoms with van der Waals surface area (Å²) in [6.07, 6.45) is 0.183. The molecule has 0 N–H and O–H groups in total. The molecule has 0 atom stereocenters. The second-order valence-corrected chi connectivity index (χ2v) is 4.94. The van der Waals surface area contributed by atoms with E-state index in [1.54, 1.807) is 31.4 Å². The Morgan fingerprint density at radius 3 is 2.36 bits per heavy atom. The van der Waals surface area contributed by atoms with Gasteiger partial charge in [0.1, 0.15) is 12.4 Å². The largest absolute Gasteiger partial charge is 0.497 e. The van der Waals surface area contributed by atoms with Gasteiger partial charge in [-0.05, 0) is 30.2 Å². The van der Waals surface area contributed by atoms with Gasteiger partial charge in [-0.3, -0.25) is 9.59 Å². The maximum Gasteiger partial charge on any atom is 0.310 e. The normalized spacial score (nSPS) is 10.1. The van der Waals surface area contributed by atoms with Crippen LogP contribution in [0.3, 0.4) is 0 Å². The van der Waals surface area contributed by atoms with E-state index in [4.69, 9.17) is 9.47 Å². The molecule has 0 spiro atoms. The van der Waals surface area contributed by atoms with Crippen molar-refractivity contribution in [3.8, 4) is 5.75 Å². The molecule has 0 aromatic heterocycles. The Bertz CT molecular complexity index is 659. The molecule has 0 fully saturated rings. The highest BCUT2D eigenvalue weighted by atomic mass is 16.5. The molecule has 0 aliphatic heterocycles. The van der Waals surface area contributed by atoms with Crippen LogP contribution in [0.25, 0.3) is 0 Å². The van der Waals surface area contributed by atoms with Crippen LogP contribution >= 0.6 is 0 Å². The van der Waals surface area contributed by atoms with Gasteiger partial charge in [0.05, 0.1) is 13.5 Å². The predicted molar refractivity (Wildman–Crippen MR) is 82.9 cm³/mol. The van der Waals surface area contributed by atoms with E-state index < -0.39 is 0 Å². The van der Waals surface area contributed by atoms with Gasteiger partial charge in [-0.2, -0.15) is 0 Å². The monoisotopic (exact) mass is 298 g/mol. The first-order valence-electron chi connectivity index (χ1n) is 6.97. The minimum Gasteiger partial charge on any atom is -0.497 e. The van der Waals surface area contributed by atoms with Crippen molar-refractivity contribution in [2.45, 2.75) is 20.0 Å². The van der Waals surface area contributed by atoms with Crippen molar-refractivity contribution in [2.24, 2.45) is 0 Å². The highest BCUT2D eigenvalue weighted by molar-refractivity contribution is 5.94. The molecule has 0 radical (unpaired) electrons. The lowest BCUT2D eigenvalue weighted by Gasteiger charge is -2.07. The van der Waals surface area contributed by atoms with Crippen LogP contribution in [-0.2, 0) is 22.6 Å². The van der Waals surface area contributed by atoms with E-state index in [2.05, 4.69) is 0 Å². The van der Waals surface area contributed by atoms with E-state index in [9.17, 15) is 9.59 Å². The SMILES string of the molecule is COc1cccc(COC(=O)Cc2ccc(C(C)=O)cc2)c1. The first kappa shape index (κ1) is 15.8. The summed E-state index contributed by atoms with van der Waals surface area (Å²) in [4.78, 5) is 23.0. The van der Waals surface area contributed by atoms with Gasteiger partial charge in [0.25, 0.3) is 0 Å². The summed E-state index contributed by atoms with van der Waals surface area (Å²) in [5, 5.41) is 0. The summed E-state index contributed by atoms with van der Waals surface area (Å²) >= 11 is 0. The van der Waals surface area contributed by atoms with Crippen LogP contribution in [0.2, 0.25) is 0 Å². The fourth-order valence-electron chi connectivity index (χ4n) is 2.00. The molecule has 0 amide bonds. The number of hydrogen-bond acceptors (Lipinski definition) is 4. The maximum absolute atomic E-state index is 11.8. The number of carbonyl (C=O) groups excluding carboxylic acids is 2. The molecule has 4 nitrogen and oxygen atoms in total. The minimum absolute atomic E-state index is 0.00662. The van der Waals surface area contributed by atoms with Gasteiger partial charge in [0.15, 0.2) is 5.78 Å². The summed E-state index contributed by atoms with van der Waals surface area (Å²) in [5.41, 5.74) is 2.33. The van der Waals surface area contributed by atoms with E-state index >= 15 is 0 Å². The van der Waals surface area contributed by atoms with E-state index in [0.29, 0.717) is 5.56 Å². The third kappa shape index (κ3) is 4.45. The standard InChI is InChI=1S/C18H18O4/c1-13(19)16-8-6-14(7-9-16)11-18(20)22-12-15-4-3-5-17(10-15)21-2/h3-10H,11-12H2,1-2H3. The molecule has 2 rings (SSSR count). The van der Waals surface area contributed by atoms with Crippen molar-refractivity contribution >= 4 is 11.8 Å². The topological polar surface area (TPSA) is 52.6 Å². The molecular formula is C18H18O4. The van der Waals surface area contributed by atoms with Crippen molar-refractivity contribution in [2.75, 3.05) is 7.11 Å². The van der Waals surface area contributed by atoms with Crippen LogP contribution in [0.1, 0.15) is 28.4 Å². The summed E-state index contributed by atoms with van der Waals surface area (Å²) in [6.45, 7) is 1.72. The number of rotatable bonds is 6. The zero-order valence-corrected chi connectivity index (χ0v) is 12.7. The molecule has 2 aromatic carbocycles. The molecule has 114 valence electrons. The average Bonchev–Trinajstić information content (AvgIpc) is 2.53. The number of methoxy groups -OCH3 is 1. The Balaban J connectivity index is 1.88. The molecule has 0 heterocycles. The first-order valence-corrected chi connectivity index (χ1v) is 6.97. The lowest BCUT2D eigenvalue weighted by molar-refractivity contribution is -0.144. The van der Waals surface area contributed by atoms with Gasteiger partial charge in [0, 0.05) is 5.56 Å². The van der Waals surface area contributed by atoms with E-state index in [1.807, 2.05) is 24.3 Å². The number of ketones is 1. The van der Waals surface area contributed by atoms with Crippen LogP contribution < -0.4 is 4.74 Å². The molecule has 0 unspecified atom stereocenters. The lowest BCUT2D eigenvalue weighted by atomic mass is 10.1. The Labute approximate surface area is 129 Å². The van der Waals surface area contributed by atoms with Crippen LogP contribution in [0, 0.1) is 0 Å². The summed E-state index contributed by atoms with van der Waals surface area (Å²) < 4.78 is 10.4. The van der Waals surface area contributed by atoms with Crippen molar-refractivity contribution < 1.29 is 19.1 Å². The van der Waals surface area contributed by atoms with Crippen LogP contribution in [0.5, 0.6) is 5.75 Å². The predicted octanol–water partition coefficient (Wildman–Crippen LogP) is 3.18. The molecule has 0 aliphatic carbocycles. The first-order chi connectivity index (χ1) is 10.6. The van der Waals surface area contributed by atoms with Gasteiger partial charge < -0.3 is 9.47 Å². The third-order valence-electron chi connectivity index (χ3n) is 3.24. The number of carbonyl (C=O) groups is 2. The van der Waals surface area contributed by atoms with E-state index in [1.165, 1.54) is 6.92 Å². The zero-order valence-electron chi connectivity index (χ0n) is 12.7. The number of ether oxygens (including phenoxy) is 2. The summed E-state index contributed by atoms with van der Waals surface area (Å²) in [7, 11) is 1.59. The quantitative estimate of drug-likeness (QED) is 0.607. The average molecular weight is 298 g/mol. The molecule has 0 aliphatic rings. The molecule has 2 aromatic rings. The Kier molecular flexibility index (Phi) is 5.31. The summed E-state index contributed by atoms with van der Waals surface area (Å²) in [5.74, 6) is 0.430. The van der Waals surface area contributed by atoms with Crippen LogP contribution in [0.15, 0.2) is 48.5 Å². The molecular weight excluding hydrogens is 280 g/mol. The highest BCUT2D eigenvalue weighted by Crippen LogP contribution is 2.14. The van der Waals surface area contributed by atoms with Crippen LogP contribution in [0.4, 0.5) is 0 Å². The van der Waals surface area contributed by atoms with Gasteiger partial charge in [-0.1, -0.05) is 36.4 Å². The molecule has 22 heavy (non-hydrogen) atoms. The molecule has 0 saturated heterocycles. The second kappa shape index (κ2) is 7.41. The minimum atomic E-state index is -0.307. The molecule has 0 saturated carbocycles. The van der Waals surface area contributed by atoms with Crippen molar-refractivity contribution in [1.29, 1.82) is 0 Å². The lowest BCUT2D eigenvalue weighted by Crippen LogP contribution is -2.08. The Morgan fingerprint density at radius 1 is 1.00 bits per heavy atom. The Morgan fingerprint density at radius 2 is 1.73 bits per heavy atom. The summed E-state index contributed by atoms with van der Waals surface area (Å²) in [6, 6.07) is 14.4. The Hall–Kier alpha value is -2.62. The number of benzene rings is 2. The fourth-order valence-corrected chi connectivity index (χ4v) is 2.00. The maximum atomic E-state index is 11.8. The van der Waals surface area contributed by atoms with Crippen molar-refractivity contribution in [1.82, 2.24) is 0 Å². The highest BCUT2D eigenvalue weighted by Gasteiger charge is 2.07. The van der Waals surface area contributed by atoms with Gasteiger partial charge in [0.2, 0.25) is 0 Å². The van der Waals surface area contributed by atoms with E-state index in [0.717, 1.165) is 16.9 Å². The smallest absolute Gasteiger partial charge is 0.310 e. The van der Waals surface area contributed by atoms with Gasteiger partial charge in [-0.25, -0.2) is 0 Å². The third-order valence-corrected chi connectivity index (χ3v) is 3.24. The van der Waals surface area contributed by atoms with Gasteiger partial charge in [-0.15, -0.1) is 0 Å². The number of hydrogen-bond donors (Lipinski definition) is 0. The van der Waals surface area contributed by atoms with E-state index in [-0.39, 0.29) is 24.8 Å². The zero-order chi connectivity index (χ0) is 15.9. The van der Waals surface area contributed by atoms with Crippen molar-refractivity contribution in [3.05, 3.63) is 65.2 Å². The van der Waals surface area contributed by atoms with Crippen molar-refractivity contribution in [3.63, 3.8) is 0 Å². The molecule has 4 heteroatoms. The fraction of sp³-hybridized carbons (Fsp3) is 0.222. The van der Waals surface area contributed by atoms with Crippen LogP contribution in [-0.4, -0.2) is 18.9 Å². The number of esters is 1. The van der Waals surface area contributed by atoms with Gasteiger partial charge >= 0.3 is 5.97 Å². The second-order valence-electron chi connectivity index (χ2n) is 4.94. The molecule has 0 bridgehead atoms.